The average molecular weight is 300 g/mol. The second kappa shape index (κ2) is 3.99. The highest BCUT2D eigenvalue weighted by molar-refractivity contribution is 7.91. The highest BCUT2D eigenvalue weighted by Gasteiger charge is 2.59. The summed E-state index contributed by atoms with van der Waals surface area (Å²) in [5.74, 6) is -8.21. The maximum absolute atomic E-state index is 13.4. The third kappa shape index (κ3) is 1.75. The van der Waals surface area contributed by atoms with E-state index in [4.69, 9.17) is 0 Å². The second-order valence-electron chi connectivity index (χ2n) is 3.87. The number of ketones is 1. The van der Waals surface area contributed by atoms with E-state index in [-0.39, 0.29) is 0 Å². The maximum atomic E-state index is 13.4. The minimum absolute atomic E-state index is 0.405. The van der Waals surface area contributed by atoms with Crippen LogP contribution in [-0.4, -0.2) is 26.1 Å². The molecular formula is C10H5F5O3S. The molecule has 2 rings (SSSR count). The number of hydrogen-bond donors (Lipinski definition) is 0. The van der Waals surface area contributed by atoms with Crippen LogP contribution in [0, 0.1) is 5.82 Å². The van der Waals surface area contributed by atoms with Gasteiger partial charge in [0.15, 0.2) is 12.2 Å². The van der Waals surface area contributed by atoms with Crippen molar-refractivity contribution < 1.29 is 35.2 Å². The van der Waals surface area contributed by atoms with Gasteiger partial charge < -0.3 is 0 Å². The molecule has 1 aromatic rings. The lowest BCUT2D eigenvalue weighted by atomic mass is 10.1. The maximum Gasteiger partial charge on any atom is 0.344 e. The largest absolute Gasteiger partial charge is 0.344 e. The number of benzene rings is 1. The van der Waals surface area contributed by atoms with Crippen LogP contribution >= 0.6 is 0 Å². The number of halogens is 5. The third-order valence-corrected chi connectivity index (χ3v) is 4.03. The summed E-state index contributed by atoms with van der Waals surface area (Å²) >= 11 is 0. The fourth-order valence-electron chi connectivity index (χ4n) is 1.84. The summed E-state index contributed by atoms with van der Waals surface area (Å²) in [4.78, 5) is 10.2. The van der Waals surface area contributed by atoms with Gasteiger partial charge in [-0.1, -0.05) is 0 Å². The van der Waals surface area contributed by atoms with E-state index in [9.17, 15) is 35.2 Å². The number of hydrogen-bond acceptors (Lipinski definition) is 3. The Labute approximate surface area is 103 Å². The molecule has 1 aromatic carbocycles. The van der Waals surface area contributed by atoms with Crippen LogP contribution in [0.1, 0.15) is 22.1 Å². The molecule has 0 saturated carbocycles. The predicted octanol–water partition coefficient (Wildman–Crippen LogP) is 2.37. The zero-order valence-corrected chi connectivity index (χ0v) is 9.78. The summed E-state index contributed by atoms with van der Waals surface area (Å²) in [5.41, 5.74) is -2.65. The van der Waals surface area contributed by atoms with Crippen molar-refractivity contribution in [2.75, 3.05) is 6.01 Å². The summed E-state index contributed by atoms with van der Waals surface area (Å²) in [5, 5.41) is 0. The van der Waals surface area contributed by atoms with Gasteiger partial charge in [0.1, 0.15) is 5.82 Å². The molecule has 3 nitrogen and oxygen atoms in total. The van der Waals surface area contributed by atoms with Gasteiger partial charge in [0, 0.05) is 5.56 Å². The Kier molecular flexibility index (Phi) is 2.92. The number of rotatable bonds is 2. The molecule has 0 saturated heterocycles. The lowest BCUT2D eigenvalue weighted by Gasteiger charge is -2.09. The van der Waals surface area contributed by atoms with E-state index >= 15 is 0 Å². The summed E-state index contributed by atoms with van der Waals surface area (Å²) in [7, 11) is -4.70. The van der Waals surface area contributed by atoms with E-state index in [1.54, 1.807) is 0 Å². The van der Waals surface area contributed by atoms with Gasteiger partial charge >= 0.3 is 5.92 Å². The van der Waals surface area contributed by atoms with Crippen molar-refractivity contribution in [3.8, 4) is 0 Å². The summed E-state index contributed by atoms with van der Waals surface area (Å²) in [6.07, 6.45) is -3.29. The summed E-state index contributed by atoms with van der Waals surface area (Å²) < 4.78 is 88.1. The van der Waals surface area contributed by atoms with Gasteiger partial charge in [-0.25, -0.2) is 21.6 Å². The van der Waals surface area contributed by atoms with Crippen molar-refractivity contribution in [1.29, 1.82) is 0 Å². The monoisotopic (exact) mass is 300 g/mol. The van der Waals surface area contributed by atoms with Gasteiger partial charge in [0.2, 0.25) is 15.6 Å². The van der Waals surface area contributed by atoms with Gasteiger partial charge in [-0.2, -0.15) is 8.78 Å². The minimum Gasteiger partial charge on any atom is -0.287 e. The first-order valence-electron chi connectivity index (χ1n) is 4.82. The van der Waals surface area contributed by atoms with E-state index in [0.717, 1.165) is 0 Å². The SMILES string of the molecule is O=C1c2c(S(=O)(=O)CF)ccc(F)c2C(F)C1(F)F. The first-order valence-corrected chi connectivity index (χ1v) is 6.47. The number of carbonyl (C=O) groups excluding carboxylic acids is 1. The van der Waals surface area contributed by atoms with E-state index in [0.29, 0.717) is 12.1 Å². The number of alkyl halides is 4. The van der Waals surface area contributed by atoms with E-state index in [1.807, 2.05) is 0 Å². The topological polar surface area (TPSA) is 51.2 Å². The van der Waals surface area contributed by atoms with Gasteiger partial charge in [-0.05, 0) is 12.1 Å². The minimum atomic E-state index is -4.70. The zero-order chi connectivity index (χ0) is 14.6. The fourth-order valence-corrected chi connectivity index (χ4v) is 2.74. The molecular weight excluding hydrogens is 295 g/mol. The molecule has 0 heterocycles. The van der Waals surface area contributed by atoms with Gasteiger partial charge in [-0.15, -0.1) is 0 Å². The molecule has 0 bridgehead atoms. The first-order chi connectivity index (χ1) is 8.64. The molecule has 1 aliphatic carbocycles. The molecule has 0 aliphatic heterocycles. The Balaban J connectivity index is 2.85. The molecule has 0 N–H and O–H groups in total. The molecule has 1 aliphatic rings. The molecule has 19 heavy (non-hydrogen) atoms. The normalized spacial score (nSPS) is 21.5. The van der Waals surface area contributed by atoms with Crippen LogP contribution in [0.4, 0.5) is 22.0 Å². The number of Topliss-reactive ketones (excluding diaryl/α,β-unsaturated/α-hetero) is 1. The number of fused-ring (bicyclic) bond motifs is 1. The number of carbonyl (C=O) groups is 1. The van der Waals surface area contributed by atoms with Gasteiger partial charge in [-0.3, -0.25) is 4.79 Å². The van der Waals surface area contributed by atoms with Gasteiger partial charge in [0.05, 0.1) is 10.5 Å². The van der Waals surface area contributed by atoms with Crippen molar-refractivity contribution in [2.24, 2.45) is 0 Å². The highest BCUT2D eigenvalue weighted by Crippen LogP contribution is 2.48. The molecule has 1 unspecified atom stereocenters. The van der Waals surface area contributed by atoms with E-state index in [1.165, 1.54) is 0 Å². The first kappa shape index (κ1) is 13.9. The van der Waals surface area contributed by atoms with Crippen molar-refractivity contribution in [3.05, 3.63) is 29.1 Å². The molecule has 0 radical (unpaired) electrons. The average Bonchev–Trinajstić information content (AvgIpc) is 2.52. The Morgan fingerprint density at radius 1 is 1.26 bits per heavy atom. The third-order valence-electron chi connectivity index (χ3n) is 2.73. The Morgan fingerprint density at radius 3 is 2.37 bits per heavy atom. The molecule has 104 valence electrons. The van der Waals surface area contributed by atoms with Gasteiger partial charge in [0.25, 0.3) is 0 Å². The van der Waals surface area contributed by atoms with Crippen LogP contribution in [0.15, 0.2) is 17.0 Å². The van der Waals surface area contributed by atoms with Crippen molar-refractivity contribution >= 4 is 15.6 Å². The Morgan fingerprint density at radius 2 is 1.84 bits per heavy atom. The lowest BCUT2D eigenvalue weighted by molar-refractivity contribution is -0.0372. The van der Waals surface area contributed by atoms with Crippen molar-refractivity contribution in [1.82, 2.24) is 0 Å². The molecule has 9 heteroatoms. The van der Waals surface area contributed by atoms with E-state index in [2.05, 4.69) is 0 Å². The standard InChI is InChI=1S/C10H5F5O3S/c11-3-19(17,18)5-2-1-4(12)6-7(5)9(16)10(14,15)8(6)13/h1-2,8H,3H2. The Bertz CT molecular complexity index is 668. The number of sulfone groups is 1. The smallest absolute Gasteiger partial charge is 0.287 e. The van der Waals surface area contributed by atoms with Crippen LogP contribution in [0.5, 0.6) is 0 Å². The van der Waals surface area contributed by atoms with Crippen molar-refractivity contribution in [2.45, 2.75) is 17.0 Å². The van der Waals surface area contributed by atoms with Crippen LogP contribution < -0.4 is 0 Å². The highest BCUT2D eigenvalue weighted by atomic mass is 32.2. The Hall–Kier alpha value is -1.51. The molecule has 0 aromatic heterocycles. The zero-order valence-electron chi connectivity index (χ0n) is 8.96. The molecule has 0 fully saturated rings. The predicted molar refractivity (Wildman–Crippen MR) is 52.7 cm³/mol. The summed E-state index contributed by atoms with van der Waals surface area (Å²) in [6, 6.07) is -1.10. The van der Waals surface area contributed by atoms with Crippen LogP contribution in [0.3, 0.4) is 0 Å². The second-order valence-corrected chi connectivity index (χ2v) is 5.76. The molecule has 0 amide bonds. The van der Waals surface area contributed by atoms with Crippen LogP contribution in [-0.2, 0) is 9.84 Å². The van der Waals surface area contributed by atoms with Crippen LogP contribution in [0.25, 0.3) is 0 Å². The quantitative estimate of drug-likeness (QED) is 0.622. The summed E-state index contributed by atoms with van der Waals surface area (Å²) in [6.45, 7) is 0. The molecule has 1 atom stereocenters. The van der Waals surface area contributed by atoms with Crippen molar-refractivity contribution in [3.63, 3.8) is 0 Å². The van der Waals surface area contributed by atoms with Crippen LogP contribution in [0.2, 0.25) is 0 Å². The fraction of sp³-hybridized carbons (Fsp3) is 0.300. The lowest BCUT2D eigenvalue weighted by Crippen LogP contribution is -2.27. The van der Waals surface area contributed by atoms with E-state index < -0.39 is 55.6 Å². The molecule has 0 spiro atoms.